The number of aliphatic hydroxyl groups is 1. The number of nitrogens with zero attached hydrogens (tertiary/aromatic N) is 3. The molecular formula is C30H48ClFN8O7S. The summed E-state index contributed by atoms with van der Waals surface area (Å²) in [7, 11) is 1.46. The van der Waals surface area contributed by atoms with Crippen molar-refractivity contribution in [3.8, 4) is 5.75 Å². The van der Waals surface area contributed by atoms with Crippen LogP contribution in [0.1, 0.15) is 44.2 Å². The molecule has 0 aromatic heterocycles. The molecule has 15 nitrogen and oxygen atoms in total. The summed E-state index contributed by atoms with van der Waals surface area (Å²) >= 11 is 7.66. The number of amides is 3. The van der Waals surface area contributed by atoms with Gasteiger partial charge >= 0.3 is 6.03 Å². The standard InChI is InChI=1S/C30H48ClFN8O7S/c1-20(23-4-3-22(44-2)17-25(23)32)34-27(42)26(48-28-24(31)18-33-29(43)35-28)6-11-45-13-15-47-16-14-46-12-9-40-19-21(36-39-40)5-7-30(8-10-41)37-38-30/h3-4,17,20-21,24,26,28,36,39,41H,5-16,18-19H2,1-2H3,(H,34,42)(H2,33,35,43)/t20-,21?,24?,26-,28?/m1/s1. The number of hydrazine groups is 2. The third-order valence-corrected chi connectivity index (χ3v) is 10.2. The largest absolute Gasteiger partial charge is 0.497 e. The first-order chi connectivity index (χ1) is 23.2. The molecule has 270 valence electrons. The van der Waals surface area contributed by atoms with Gasteiger partial charge in [0, 0.05) is 56.9 Å². The molecule has 0 spiro atoms. The van der Waals surface area contributed by atoms with Crippen molar-refractivity contribution in [2.24, 2.45) is 10.2 Å². The first-order valence-electron chi connectivity index (χ1n) is 16.2. The Balaban J connectivity index is 1.08. The number of rotatable bonds is 23. The Labute approximate surface area is 289 Å². The van der Waals surface area contributed by atoms with E-state index in [9.17, 15) is 14.0 Å². The number of nitrogens with one attached hydrogen (secondary N) is 5. The third-order valence-electron chi connectivity index (χ3n) is 8.13. The van der Waals surface area contributed by atoms with E-state index in [0.29, 0.717) is 57.2 Å². The summed E-state index contributed by atoms with van der Waals surface area (Å²) in [6.45, 7) is 6.02. The maximum Gasteiger partial charge on any atom is 0.315 e. The minimum atomic E-state index is -0.615. The molecule has 3 heterocycles. The van der Waals surface area contributed by atoms with Crippen molar-refractivity contribution < 1.29 is 38.0 Å². The summed E-state index contributed by atoms with van der Waals surface area (Å²) < 4.78 is 36.7. The van der Waals surface area contributed by atoms with Crippen LogP contribution < -0.4 is 31.6 Å². The van der Waals surface area contributed by atoms with Crippen molar-refractivity contribution >= 4 is 35.3 Å². The number of urea groups is 1. The first-order valence-corrected chi connectivity index (χ1v) is 17.6. The highest BCUT2D eigenvalue weighted by Gasteiger charge is 2.40. The van der Waals surface area contributed by atoms with Crippen LogP contribution in [0.5, 0.6) is 5.75 Å². The highest BCUT2D eigenvalue weighted by atomic mass is 35.5. The summed E-state index contributed by atoms with van der Waals surface area (Å²) in [6, 6.07) is 3.82. The fourth-order valence-electron chi connectivity index (χ4n) is 5.23. The number of hydrogen-bond donors (Lipinski definition) is 6. The monoisotopic (exact) mass is 718 g/mol. The quantitative estimate of drug-likeness (QED) is 0.0718. The van der Waals surface area contributed by atoms with Gasteiger partial charge in [0.15, 0.2) is 5.66 Å². The van der Waals surface area contributed by atoms with Gasteiger partial charge in [-0.05, 0) is 32.3 Å². The van der Waals surface area contributed by atoms with Gasteiger partial charge in [-0.25, -0.2) is 19.6 Å². The molecule has 0 bridgehead atoms. The lowest BCUT2D eigenvalue weighted by atomic mass is 10.0. The van der Waals surface area contributed by atoms with E-state index < -0.39 is 27.9 Å². The van der Waals surface area contributed by atoms with Crippen molar-refractivity contribution in [1.29, 1.82) is 0 Å². The Morgan fingerprint density at radius 1 is 1.19 bits per heavy atom. The third kappa shape index (κ3) is 12.5. The predicted octanol–water partition coefficient (Wildman–Crippen LogP) is 1.82. The second-order valence-corrected chi connectivity index (χ2v) is 13.7. The molecule has 3 aliphatic heterocycles. The minimum absolute atomic E-state index is 0.0954. The summed E-state index contributed by atoms with van der Waals surface area (Å²) in [4.78, 5) is 25.2. The molecule has 5 atom stereocenters. The zero-order valence-corrected chi connectivity index (χ0v) is 29.0. The van der Waals surface area contributed by atoms with Crippen LogP contribution in [0.15, 0.2) is 28.4 Å². The number of alkyl halides is 1. The number of benzene rings is 1. The van der Waals surface area contributed by atoms with Gasteiger partial charge in [-0.2, -0.15) is 15.8 Å². The van der Waals surface area contributed by atoms with Crippen LogP contribution in [0.2, 0.25) is 0 Å². The number of thioether (sulfide) groups is 1. The normalized spacial score (nSPS) is 22.9. The smallest absolute Gasteiger partial charge is 0.315 e. The summed E-state index contributed by atoms with van der Waals surface area (Å²) in [6.07, 6.45) is 2.67. The minimum Gasteiger partial charge on any atom is -0.497 e. The molecule has 2 fully saturated rings. The molecule has 0 aliphatic carbocycles. The van der Waals surface area contributed by atoms with Gasteiger partial charge in [0.2, 0.25) is 5.91 Å². The maximum atomic E-state index is 14.6. The second kappa shape index (κ2) is 19.7. The molecule has 18 heteroatoms. The van der Waals surface area contributed by atoms with Gasteiger partial charge in [-0.3, -0.25) is 4.79 Å². The van der Waals surface area contributed by atoms with Crippen molar-refractivity contribution in [1.82, 2.24) is 31.9 Å². The average molecular weight is 719 g/mol. The first kappa shape index (κ1) is 38.5. The fraction of sp³-hybridized carbons (Fsp3) is 0.733. The summed E-state index contributed by atoms with van der Waals surface area (Å²) in [5, 5.41) is 26.1. The van der Waals surface area contributed by atoms with Crippen LogP contribution in [0, 0.1) is 5.82 Å². The van der Waals surface area contributed by atoms with Crippen LogP contribution in [0.3, 0.4) is 0 Å². The van der Waals surface area contributed by atoms with Crippen molar-refractivity contribution in [3.05, 3.63) is 29.6 Å². The lowest BCUT2D eigenvalue weighted by Gasteiger charge is -2.31. The topological polar surface area (TPSA) is 179 Å². The second-order valence-electron chi connectivity index (χ2n) is 11.8. The van der Waals surface area contributed by atoms with E-state index in [2.05, 4.69) is 42.1 Å². The predicted molar refractivity (Wildman–Crippen MR) is 178 cm³/mol. The SMILES string of the molecule is COc1ccc([C@@H](C)NC(=O)[C@@H](CCOCCOCCOCCN2CC(CCC3(CCO)N=N3)NN2)SC2NC(=O)NCC2Cl)c(F)c1. The lowest BCUT2D eigenvalue weighted by molar-refractivity contribution is -0.121. The number of carbonyl (C=O) groups excluding carboxylic acids is 2. The fourth-order valence-corrected chi connectivity index (χ4v) is 6.77. The molecule has 4 rings (SSSR count). The van der Waals surface area contributed by atoms with E-state index in [1.54, 1.807) is 19.1 Å². The summed E-state index contributed by atoms with van der Waals surface area (Å²) in [5.74, 6) is -0.414. The number of carbonyl (C=O) groups is 2. The van der Waals surface area contributed by atoms with Crippen molar-refractivity contribution in [2.75, 3.05) is 73.0 Å². The van der Waals surface area contributed by atoms with Gasteiger partial charge in [-0.15, -0.1) is 23.4 Å². The molecule has 2 saturated heterocycles. The van der Waals surface area contributed by atoms with E-state index >= 15 is 0 Å². The van der Waals surface area contributed by atoms with E-state index in [1.807, 2.05) is 0 Å². The Kier molecular flexibility index (Phi) is 15.8. The van der Waals surface area contributed by atoms with Crippen LogP contribution in [-0.4, -0.2) is 123 Å². The molecular weight excluding hydrogens is 671 g/mol. The Hall–Kier alpha value is -2.35. The van der Waals surface area contributed by atoms with Gasteiger partial charge in [0.1, 0.15) is 11.6 Å². The van der Waals surface area contributed by atoms with Crippen LogP contribution in [-0.2, 0) is 19.0 Å². The molecule has 48 heavy (non-hydrogen) atoms. The molecule has 6 N–H and O–H groups in total. The van der Waals surface area contributed by atoms with Gasteiger partial charge in [-0.1, -0.05) is 6.07 Å². The van der Waals surface area contributed by atoms with Crippen LogP contribution >= 0.6 is 23.4 Å². The number of halogens is 2. The summed E-state index contributed by atoms with van der Waals surface area (Å²) in [5.41, 5.74) is 6.39. The zero-order chi connectivity index (χ0) is 34.4. The maximum absolute atomic E-state index is 14.6. The van der Waals surface area contributed by atoms with E-state index in [-0.39, 0.29) is 43.4 Å². The number of hydrogen-bond acceptors (Lipinski definition) is 13. The Bertz CT molecular complexity index is 1200. The molecule has 1 aromatic carbocycles. The highest BCUT2D eigenvalue weighted by molar-refractivity contribution is 8.01. The van der Waals surface area contributed by atoms with Gasteiger partial charge in [0.25, 0.3) is 0 Å². The molecule has 0 saturated carbocycles. The number of aliphatic hydroxyl groups excluding tert-OH is 1. The molecule has 3 aliphatic rings. The number of ether oxygens (including phenoxy) is 4. The Morgan fingerprint density at radius 2 is 1.92 bits per heavy atom. The Morgan fingerprint density at radius 3 is 2.60 bits per heavy atom. The van der Waals surface area contributed by atoms with E-state index in [1.165, 1.54) is 24.9 Å². The lowest BCUT2D eigenvalue weighted by Crippen LogP contribution is -2.55. The van der Waals surface area contributed by atoms with Crippen molar-refractivity contribution in [2.45, 2.75) is 66.4 Å². The highest BCUT2D eigenvalue weighted by Crippen LogP contribution is 2.36. The van der Waals surface area contributed by atoms with E-state index in [4.69, 9.17) is 35.7 Å². The van der Waals surface area contributed by atoms with Crippen LogP contribution in [0.25, 0.3) is 0 Å². The van der Waals surface area contributed by atoms with Gasteiger partial charge < -0.3 is 40.0 Å². The average Bonchev–Trinajstić information content (AvgIpc) is 3.69. The van der Waals surface area contributed by atoms with E-state index in [0.717, 1.165) is 25.9 Å². The molecule has 1 aromatic rings. The number of methoxy groups -OCH3 is 1. The molecule has 3 unspecified atom stereocenters. The van der Waals surface area contributed by atoms with Crippen molar-refractivity contribution in [3.63, 3.8) is 0 Å². The van der Waals surface area contributed by atoms with Crippen LogP contribution in [0.4, 0.5) is 9.18 Å². The molecule has 0 radical (unpaired) electrons. The van der Waals surface area contributed by atoms with Gasteiger partial charge in [0.05, 0.1) is 62.2 Å². The zero-order valence-electron chi connectivity index (χ0n) is 27.4. The molecule has 3 amide bonds.